The van der Waals surface area contributed by atoms with Crippen LogP contribution in [0.5, 0.6) is 5.75 Å². The van der Waals surface area contributed by atoms with Crippen molar-refractivity contribution in [2.24, 2.45) is 0 Å². The predicted molar refractivity (Wildman–Crippen MR) is 206 cm³/mol. The number of carbonyl (C=O) groups is 5. The van der Waals surface area contributed by atoms with Crippen LogP contribution in [0, 0.1) is 23.3 Å². The van der Waals surface area contributed by atoms with Crippen LogP contribution in [0.3, 0.4) is 0 Å². The van der Waals surface area contributed by atoms with Gasteiger partial charge in [0.25, 0.3) is 5.91 Å². The Balaban J connectivity index is 0.960. The molecule has 2 aliphatic rings. The van der Waals surface area contributed by atoms with Gasteiger partial charge in [-0.3, -0.25) is 14.4 Å². The van der Waals surface area contributed by atoms with Gasteiger partial charge in [-0.05, 0) is 43.9 Å². The van der Waals surface area contributed by atoms with E-state index < -0.39 is 40.9 Å². The summed E-state index contributed by atoms with van der Waals surface area (Å²) < 4.78 is 76.1. The van der Waals surface area contributed by atoms with Crippen LogP contribution in [0.2, 0.25) is 0 Å². The molecule has 5 amide bonds. The fraction of sp³-hybridized carbons (Fsp3) is 0.553. The third-order valence-corrected chi connectivity index (χ3v) is 10.7. The number of halogens is 4. The number of anilines is 1. The van der Waals surface area contributed by atoms with Gasteiger partial charge in [0.2, 0.25) is 29.2 Å². The SMILES string of the molecule is CNc1cc(C(=O)NCCCOCCOCCOCCCNC(=O)CN(C)C(=O)CCCCC2SCC3NC(=O)NC32)cc(C(=O)Oc2c(F)c(F)cc(F)c2F)c1. The van der Waals surface area contributed by atoms with E-state index in [1.165, 1.54) is 24.1 Å². The highest BCUT2D eigenvalue weighted by atomic mass is 32.2. The number of thioether (sulfide) groups is 1. The lowest BCUT2D eigenvalue weighted by atomic mass is 10.0. The number of rotatable bonds is 25. The lowest BCUT2D eigenvalue weighted by Gasteiger charge is -2.18. The molecule has 20 heteroatoms. The van der Waals surface area contributed by atoms with Crippen LogP contribution in [0.1, 0.15) is 59.2 Å². The standard InChI is InChI=1S/C38H50F4N6O9S/c1-43-25-18-23(17-24(19-25)37(52)57-35-32(41)26(39)20-27(40)33(35)42)36(51)45-10-6-12-55-14-16-56-15-13-54-11-5-9-44-30(49)21-48(2)31(50)8-4-3-7-29-34-28(22-58-29)46-38(53)47-34/h17-20,28-29,34,43H,3-16,21-22H2,1-2H3,(H,44,49)(H,45,51)(H2,46,47,53). The number of ether oxygens (including phenoxy) is 4. The monoisotopic (exact) mass is 842 g/mol. The van der Waals surface area contributed by atoms with Gasteiger partial charge in [0.15, 0.2) is 11.6 Å². The molecule has 2 aromatic rings. The van der Waals surface area contributed by atoms with Gasteiger partial charge in [0.05, 0.1) is 50.6 Å². The van der Waals surface area contributed by atoms with Crippen molar-refractivity contribution in [1.29, 1.82) is 0 Å². The Labute approximate surface area is 338 Å². The summed E-state index contributed by atoms with van der Waals surface area (Å²) in [4.78, 5) is 63.0. The van der Waals surface area contributed by atoms with Crippen molar-refractivity contribution in [2.75, 3.05) is 84.4 Å². The highest BCUT2D eigenvalue weighted by Gasteiger charge is 2.42. The minimum Gasteiger partial charge on any atom is -0.416 e. The molecule has 5 N–H and O–H groups in total. The highest BCUT2D eigenvalue weighted by molar-refractivity contribution is 8.00. The number of hydrogen-bond acceptors (Lipinski definition) is 11. The van der Waals surface area contributed by atoms with E-state index in [-0.39, 0.29) is 65.9 Å². The maximum absolute atomic E-state index is 14.0. The van der Waals surface area contributed by atoms with Crippen LogP contribution in [0.4, 0.5) is 28.0 Å². The van der Waals surface area contributed by atoms with E-state index in [9.17, 15) is 41.5 Å². The Morgan fingerprint density at radius 2 is 1.43 bits per heavy atom. The summed E-state index contributed by atoms with van der Waals surface area (Å²) in [6, 6.07) is 3.98. The van der Waals surface area contributed by atoms with E-state index in [2.05, 4.69) is 31.3 Å². The molecule has 0 spiro atoms. The van der Waals surface area contributed by atoms with Crippen molar-refractivity contribution in [1.82, 2.24) is 26.2 Å². The number of nitrogens with zero attached hydrogens (tertiary/aromatic N) is 1. The minimum absolute atomic E-state index is 0.0128. The molecular weight excluding hydrogens is 793 g/mol. The first-order chi connectivity index (χ1) is 27.9. The number of unbranched alkanes of at least 4 members (excludes halogenated alkanes) is 1. The van der Waals surface area contributed by atoms with Crippen LogP contribution in [0.15, 0.2) is 24.3 Å². The summed E-state index contributed by atoms with van der Waals surface area (Å²) in [5.74, 6) is -10.1. The van der Waals surface area contributed by atoms with E-state index in [0.717, 1.165) is 31.1 Å². The molecule has 58 heavy (non-hydrogen) atoms. The maximum Gasteiger partial charge on any atom is 0.343 e. The second kappa shape index (κ2) is 23.7. The van der Waals surface area contributed by atoms with Crippen LogP contribution in [0.25, 0.3) is 0 Å². The van der Waals surface area contributed by atoms with Gasteiger partial charge in [-0.2, -0.15) is 20.5 Å². The van der Waals surface area contributed by atoms with Crippen LogP contribution >= 0.6 is 11.8 Å². The van der Waals surface area contributed by atoms with E-state index in [1.54, 1.807) is 7.05 Å². The third kappa shape index (κ3) is 14.3. The Kier molecular flexibility index (Phi) is 18.8. The molecule has 0 saturated carbocycles. The number of esters is 1. The van der Waals surface area contributed by atoms with Crippen LogP contribution < -0.4 is 31.3 Å². The van der Waals surface area contributed by atoms with Crippen molar-refractivity contribution < 1.29 is 60.5 Å². The Hall–Kier alpha value is -4.66. The molecule has 15 nitrogen and oxygen atoms in total. The predicted octanol–water partition coefficient (Wildman–Crippen LogP) is 3.36. The van der Waals surface area contributed by atoms with E-state index in [1.807, 2.05) is 11.8 Å². The summed E-state index contributed by atoms with van der Waals surface area (Å²) in [7, 11) is 3.12. The Morgan fingerprint density at radius 3 is 2.09 bits per heavy atom. The molecule has 3 unspecified atom stereocenters. The number of amides is 5. The van der Waals surface area contributed by atoms with Gasteiger partial charge in [0, 0.05) is 75.1 Å². The first-order valence-electron chi connectivity index (χ1n) is 19.0. The molecule has 0 radical (unpaired) electrons. The van der Waals surface area contributed by atoms with Crippen molar-refractivity contribution in [3.63, 3.8) is 0 Å². The lowest BCUT2D eigenvalue weighted by Crippen LogP contribution is -2.38. The molecule has 4 rings (SSSR count). The average Bonchev–Trinajstić information content (AvgIpc) is 3.77. The van der Waals surface area contributed by atoms with Crippen molar-refractivity contribution >= 4 is 47.2 Å². The van der Waals surface area contributed by atoms with Gasteiger partial charge < -0.3 is 50.4 Å². The van der Waals surface area contributed by atoms with Crippen molar-refractivity contribution in [2.45, 2.75) is 55.9 Å². The lowest BCUT2D eigenvalue weighted by molar-refractivity contribution is -0.134. The number of hydrogen-bond donors (Lipinski definition) is 5. The first-order valence-corrected chi connectivity index (χ1v) is 20.0. The van der Waals surface area contributed by atoms with Gasteiger partial charge in [-0.15, -0.1) is 0 Å². The quantitative estimate of drug-likeness (QED) is 0.0247. The van der Waals surface area contributed by atoms with E-state index in [4.69, 9.17) is 14.2 Å². The van der Waals surface area contributed by atoms with Crippen molar-refractivity contribution in [3.05, 3.63) is 58.7 Å². The smallest absolute Gasteiger partial charge is 0.343 e. The molecule has 0 aromatic heterocycles. The highest BCUT2D eigenvalue weighted by Crippen LogP contribution is 2.33. The zero-order chi connectivity index (χ0) is 42.0. The fourth-order valence-corrected chi connectivity index (χ4v) is 7.59. The molecule has 2 aliphatic heterocycles. The molecule has 320 valence electrons. The fourth-order valence-electron chi connectivity index (χ4n) is 6.05. The number of nitrogens with one attached hydrogen (secondary N) is 5. The summed E-state index contributed by atoms with van der Waals surface area (Å²) in [5.41, 5.74) is -0.00278. The molecule has 2 saturated heterocycles. The summed E-state index contributed by atoms with van der Waals surface area (Å²) in [5, 5.41) is 14.5. The molecular formula is C38H50F4N6O9S. The molecule has 2 fully saturated rings. The molecule has 2 heterocycles. The largest absolute Gasteiger partial charge is 0.416 e. The van der Waals surface area contributed by atoms with Crippen LogP contribution in [-0.2, 0) is 23.8 Å². The molecule has 0 bridgehead atoms. The molecule has 2 aromatic carbocycles. The summed E-state index contributed by atoms with van der Waals surface area (Å²) in [6.45, 7) is 2.67. The van der Waals surface area contributed by atoms with E-state index in [0.29, 0.717) is 70.7 Å². The number of carbonyl (C=O) groups excluding carboxylic acids is 5. The average molecular weight is 843 g/mol. The first kappa shape index (κ1) is 46.0. The second-order valence-corrected chi connectivity index (χ2v) is 14.8. The maximum atomic E-state index is 14.0. The second-order valence-electron chi connectivity index (χ2n) is 13.5. The number of benzene rings is 2. The number of fused-ring (bicyclic) bond motifs is 1. The summed E-state index contributed by atoms with van der Waals surface area (Å²) >= 11 is 1.85. The number of likely N-dealkylation sites (N-methyl/N-ethyl adjacent to an activating group) is 1. The van der Waals surface area contributed by atoms with Gasteiger partial charge in [-0.1, -0.05) is 6.42 Å². The van der Waals surface area contributed by atoms with Gasteiger partial charge >= 0.3 is 12.0 Å². The topological polar surface area (TPSA) is 186 Å². The molecule has 3 atom stereocenters. The van der Waals surface area contributed by atoms with Gasteiger partial charge in [-0.25, -0.2) is 18.4 Å². The Morgan fingerprint density at radius 1 is 0.810 bits per heavy atom. The van der Waals surface area contributed by atoms with Gasteiger partial charge in [0.1, 0.15) is 0 Å². The minimum atomic E-state index is -1.88. The third-order valence-electron chi connectivity index (χ3n) is 9.14. The Bertz CT molecular complexity index is 1720. The molecule has 0 aliphatic carbocycles. The van der Waals surface area contributed by atoms with E-state index >= 15 is 0 Å². The number of urea groups is 1. The zero-order valence-electron chi connectivity index (χ0n) is 32.4. The normalized spacial score (nSPS) is 16.9. The van der Waals surface area contributed by atoms with Crippen LogP contribution in [-0.4, -0.2) is 131 Å². The van der Waals surface area contributed by atoms with Crippen molar-refractivity contribution in [3.8, 4) is 5.75 Å². The zero-order valence-corrected chi connectivity index (χ0v) is 33.2. The summed E-state index contributed by atoms with van der Waals surface area (Å²) in [6.07, 6.45) is 3.95.